The van der Waals surface area contributed by atoms with Crippen molar-refractivity contribution in [3.8, 4) is 11.3 Å². The number of rotatable bonds is 8. The van der Waals surface area contributed by atoms with Crippen molar-refractivity contribution in [2.75, 3.05) is 11.9 Å². The molecule has 6 nitrogen and oxygen atoms in total. The highest BCUT2D eigenvalue weighted by atomic mass is 19.1. The molecule has 3 rings (SSSR count). The van der Waals surface area contributed by atoms with Gasteiger partial charge in [0.15, 0.2) is 0 Å². The fourth-order valence-electron chi connectivity index (χ4n) is 2.74. The largest absolute Gasteiger partial charge is 0.352 e. The Balaban J connectivity index is 1.42. The highest BCUT2D eigenvalue weighted by Gasteiger charge is 2.10. The van der Waals surface area contributed by atoms with E-state index in [4.69, 9.17) is 4.52 Å². The molecule has 0 atom stereocenters. The summed E-state index contributed by atoms with van der Waals surface area (Å²) in [6, 6.07) is 14.9. The minimum Gasteiger partial charge on any atom is -0.352 e. The number of nitrogens with zero attached hydrogens (tertiary/aromatic N) is 1. The van der Waals surface area contributed by atoms with Gasteiger partial charge in [0.1, 0.15) is 11.5 Å². The third kappa shape index (κ3) is 5.75. The summed E-state index contributed by atoms with van der Waals surface area (Å²) < 4.78 is 18.0. The van der Waals surface area contributed by atoms with Gasteiger partial charge in [-0.3, -0.25) is 14.9 Å². The Morgan fingerprint density at radius 2 is 1.79 bits per heavy atom. The zero-order valence-corrected chi connectivity index (χ0v) is 16.1. The van der Waals surface area contributed by atoms with E-state index in [-0.39, 0.29) is 24.1 Å². The van der Waals surface area contributed by atoms with Crippen LogP contribution in [0.5, 0.6) is 0 Å². The lowest BCUT2D eigenvalue weighted by Crippen LogP contribution is -2.25. The number of hydrogen-bond acceptors (Lipinski definition) is 4. The van der Waals surface area contributed by atoms with Crippen molar-refractivity contribution in [1.29, 1.82) is 0 Å². The van der Waals surface area contributed by atoms with Crippen LogP contribution in [0.15, 0.2) is 59.1 Å². The van der Waals surface area contributed by atoms with Gasteiger partial charge in [0, 0.05) is 30.2 Å². The van der Waals surface area contributed by atoms with Gasteiger partial charge in [0.2, 0.25) is 11.8 Å². The summed E-state index contributed by atoms with van der Waals surface area (Å²) in [4.78, 5) is 24.0. The van der Waals surface area contributed by atoms with Crippen LogP contribution in [0.1, 0.15) is 35.7 Å². The van der Waals surface area contributed by atoms with Crippen molar-refractivity contribution in [1.82, 2.24) is 10.5 Å². The van der Waals surface area contributed by atoms with Gasteiger partial charge in [-0.15, -0.1) is 0 Å². The number of aromatic nitrogens is 1. The minimum atomic E-state index is -0.397. The zero-order valence-electron chi connectivity index (χ0n) is 16.1. The van der Waals surface area contributed by atoms with Crippen molar-refractivity contribution in [3.05, 3.63) is 71.5 Å². The molecule has 2 amide bonds. The molecule has 0 spiro atoms. The Bertz CT molecular complexity index is 966. The van der Waals surface area contributed by atoms with Crippen molar-refractivity contribution in [3.63, 3.8) is 0 Å². The summed E-state index contributed by atoms with van der Waals surface area (Å²) in [5.41, 5.74) is 3.17. The van der Waals surface area contributed by atoms with E-state index >= 15 is 0 Å². The molecule has 0 saturated carbocycles. The second-order valence-corrected chi connectivity index (χ2v) is 6.54. The molecule has 0 bridgehead atoms. The zero-order chi connectivity index (χ0) is 20.6. The van der Waals surface area contributed by atoms with Crippen LogP contribution in [-0.2, 0) is 11.2 Å². The van der Waals surface area contributed by atoms with E-state index in [0.717, 1.165) is 12.0 Å². The first-order chi connectivity index (χ1) is 14.0. The van der Waals surface area contributed by atoms with Crippen LogP contribution in [0.4, 0.5) is 10.3 Å². The van der Waals surface area contributed by atoms with Crippen molar-refractivity contribution >= 4 is 17.7 Å². The number of carbonyl (C=O) groups is 2. The summed E-state index contributed by atoms with van der Waals surface area (Å²) >= 11 is 0. The van der Waals surface area contributed by atoms with Crippen LogP contribution in [0, 0.1) is 5.82 Å². The van der Waals surface area contributed by atoms with E-state index in [0.29, 0.717) is 24.2 Å². The monoisotopic (exact) mass is 395 g/mol. The maximum absolute atomic E-state index is 12.9. The topological polar surface area (TPSA) is 84.2 Å². The Labute approximate surface area is 168 Å². The lowest BCUT2D eigenvalue weighted by molar-refractivity contribution is -0.116. The molecular weight excluding hydrogens is 373 g/mol. The molecule has 0 aliphatic carbocycles. The maximum Gasteiger partial charge on any atom is 0.251 e. The standard InChI is InChI=1S/C22H22FN3O3/c1-2-15-5-7-16(8-6-15)19-14-21(29-26-19)25-20(27)4-3-13-24-22(28)17-9-11-18(23)12-10-17/h5-12,14H,2-4,13H2,1H3,(H,24,28)(H,25,27). The average Bonchev–Trinajstić information content (AvgIpc) is 3.20. The van der Waals surface area contributed by atoms with Crippen LogP contribution >= 0.6 is 0 Å². The Kier molecular flexibility index (Phi) is 6.73. The Morgan fingerprint density at radius 3 is 2.48 bits per heavy atom. The molecule has 1 heterocycles. The molecule has 3 aromatic rings. The van der Waals surface area contributed by atoms with Crippen LogP contribution in [-0.4, -0.2) is 23.5 Å². The number of anilines is 1. The molecule has 2 aromatic carbocycles. The lowest BCUT2D eigenvalue weighted by atomic mass is 10.1. The van der Waals surface area contributed by atoms with Crippen LogP contribution in [0.25, 0.3) is 11.3 Å². The molecule has 0 saturated heterocycles. The fraction of sp³-hybridized carbons (Fsp3) is 0.227. The number of hydrogen-bond donors (Lipinski definition) is 2. The van der Waals surface area contributed by atoms with Crippen molar-refractivity contribution in [2.24, 2.45) is 0 Å². The molecule has 1 aromatic heterocycles. The van der Waals surface area contributed by atoms with E-state index in [1.165, 1.54) is 29.8 Å². The number of benzene rings is 2. The first kappa shape index (κ1) is 20.3. The second kappa shape index (κ2) is 9.64. The Morgan fingerprint density at radius 1 is 1.07 bits per heavy atom. The molecule has 29 heavy (non-hydrogen) atoms. The first-order valence-corrected chi connectivity index (χ1v) is 9.45. The van der Waals surface area contributed by atoms with Gasteiger partial charge in [-0.25, -0.2) is 4.39 Å². The highest BCUT2D eigenvalue weighted by molar-refractivity contribution is 5.94. The summed E-state index contributed by atoms with van der Waals surface area (Å²) in [7, 11) is 0. The summed E-state index contributed by atoms with van der Waals surface area (Å²) in [6.07, 6.45) is 1.63. The fourth-order valence-corrected chi connectivity index (χ4v) is 2.74. The van der Waals surface area contributed by atoms with Crippen molar-refractivity contribution in [2.45, 2.75) is 26.2 Å². The molecule has 150 valence electrons. The van der Waals surface area contributed by atoms with E-state index < -0.39 is 5.82 Å². The van der Waals surface area contributed by atoms with Gasteiger partial charge in [-0.05, 0) is 42.7 Å². The third-order valence-corrected chi connectivity index (χ3v) is 4.40. The molecule has 0 aliphatic heterocycles. The SMILES string of the molecule is CCc1ccc(-c2cc(NC(=O)CCCNC(=O)c3ccc(F)cc3)on2)cc1. The summed E-state index contributed by atoms with van der Waals surface area (Å²) in [6.45, 7) is 2.42. The Hall–Kier alpha value is -3.48. The predicted octanol–water partition coefficient (Wildman–Crippen LogP) is 4.19. The predicted molar refractivity (Wildman–Crippen MR) is 108 cm³/mol. The first-order valence-electron chi connectivity index (χ1n) is 9.45. The number of halogens is 1. The molecule has 0 aliphatic rings. The molecule has 0 fully saturated rings. The second-order valence-electron chi connectivity index (χ2n) is 6.54. The van der Waals surface area contributed by atoms with E-state index in [1.54, 1.807) is 6.07 Å². The van der Waals surface area contributed by atoms with E-state index in [1.807, 2.05) is 24.3 Å². The van der Waals surface area contributed by atoms with Gasteiger partial charge in [0.25, 0.3) is 5.91 Å². The minimum absolute atomic E-state index is 0.213. The lowest BCUT2D eigenvalue weighted by Gasteiger charge is -2.05. The van der Waals surface area contributed by atoms with E-state index in [9.17, 15) is 14.0 Å². The summed E-state index contributed by atoms with van der Waals surface area (Å²) in [5, 5.41) is 9.33. The summed E-state index contributed by atoms with van der Waals surface area (Å²) in [5.74, 6) is -0.656. The molecule has 0 radical (unpaired) electrons. The molecular formula is C22H22FN3O3. The molecule has 2 N–H and O–H groups in total. The number of amides is 2. The maximum atomic E-state index is 12.9. The highest BCUT2D eigenvalue weighted by Crippen LogP contribution is 2.22. The molecule has 0 unspecified atom stereocenters. The van der Waals surface area contributed by atoms with Gasteiger partial charge in [0.05, 0.1) is 0 Å². The average molecular weight is 395 g/mol. The number of carbonyl (C=O) groups excluding carboxylic acids is 2. The molecule has 7 heteroatoms. The van der Waals surface area contributed by atoms with Gasteiger partial charge >= 0.3 is 0 Å². The van der Waals surface area contributed by atoms with E-state index in [2.05, 4.69) is 22.7 Å². The number of nitrogens with one attached hydrogen (secondary N) is 2. The van der Waals surface area contributed by atoms with Gasteiger partial charge in [-0.2, -0.15) is 0 Å². The smallest absolute Gasteiger partial charge is 0.251 e. The van der Waals surface area contributed by atoms with Crippen LogP contribution in [0.3, 0.4) is 0 Å². The van der Waals surface area contributed by atoms with Crippen LogP contribution < -0.4 is 10.6 Å². The van der Waals surface area contributed by atoms with Crippen LogP contribution in [0.2, 0.25) is 0 Å². The third-order valence-electron chi connectivity index (χ3n) is 4.40. The normalized spacial score (nSPS) is 10.6. The quantitative estimate of drug-likeness (QED) is 0.560. The number of aryl methyl sites for hydroxylation is 1. The van der Waals surface area contributed by atoms with Gasteiger partial charge < -0.3 is 9.84 Å². The van der Waals surface area contributed by atoms with Gasteiger partial charge in [-0.1, -0.05) is 36.3 Å². The van der Waals surface area contributed by atoms with Crippen molar-refractivity contribution < 1.29 is 18.5 Å².